The normalized spacial score (nSPS) is 12.4. The Morgan fingerprint density at radius 3 is 2.89 bits per heavy atom. The number of hydrogen-bond acceptors (Lipinski definition) is 4. The fourth-order valence-corrected chi connectivity index (χ4v) is 1.91. The van der Waals surface area contributed by atoms with Crippen LogP contribution in [-0.2, 0) is 0 Å². The molecule has 0 fully saturated rings. The van der Waals surface area contributed by atoms with E-state index in [1.165, 1.54) is 24.5 Å². The summed E-state index contributed by atoms with van der Waals surface area (Å²) in [5.41, 5.74) is 6.65. The lowest BCUT2D eigenvalue weighted by Crippen LogP contribution is -2.21. The highest BCUT2D eigenvalue weighted by atomic mass is 35.5. The van der Waals surface area contributed by atoms with Gasteiger partial charge in [-0.05, 0) is 25.2 Å². The summed E-state index contributed by atoms with van der Waals surface area (Å²) in [6, 6.07) is 4.04. The predicted molar refractivity (Wildman–Crippen MR) is 68.8 cm³/mol. The first-order valence-electron chi connectivity index (χ1n) is 5.32. The van der Waals surface area contributed by atoms with Gasteiger partial charge in [0.05, 0.1) is 16.8 Å². The number of nitrogen functional groups attached to an aromatic ring is 1. The SMILES string of the molecule is CNC(c1cc(Cl)cnc1N)c1ncccc1F. The predicted octanol–water partition coefficient (Wildman–Crippen LogP) is 2.16. The standard InChI is InChI=1S/C12H12ClFN4/c1-16-10(11-9(14)3-2-4-17-11)8-5-7(13)6-18-12(8)15/h2-6,10,16H,1H3,(H2,15,18). The maximum Gasteiger partial charge on any atom is 0.146 e. The lowest BCUT2D eigenvalue weighted by molar-refractivity contribution is 0.560. The molecule has 0 aliphatic heterocycles. The number of pyridine rings is 2. The molecule has 0 spiro atoms. The van der Waals surface area contributed by atoms with E-state index in [1.54, 1.807) is 13.1 Å². The zero-order valence-electron chi connectivity index (χ0n) is 9.69. The molecule has 0 aliphatic carbocycles. The highest BCUT2D eigenvalue weighted by molar-refractivity contribution is 6.30. The van der Waals surface area contributed by atoms with Crippen molar-refractivity contribution in [3.8, 4) is 0 Å². The molecule has 2 rings (SSSR count). The van der Waals surface area contributed by atoms with Crippen molar-refractivity contribution >= 4 is 17.4 Å². The second-order valence-electron chi connectivity index (χ2n) is 3.72. The Balaban J connectivity index is 2.52. The number of rotatable bonds is 3. The molecule has 2 aromatic heterocycles. The van der Waals surface area contributed by atoms with Crippen molar-refractivity contribution in [2.45, 2.75) is 6.04 Å². The molecule has 2 heterocycles. The summed E-state index contributed by atoms with van der Waals surface area (Å²) in [6.07, 6.45) is 2.97. The second kappa shape index (κ2) is 5.29. The number of nitrogens with zero attached hydrogens (tertiary/aromatic N) is 2. The summed E-state index contributed by atoms with van der Waals surface area (Å²) in [5, 5.41) is 3.40. The van der Waals surface area contributed by atoms with Gasteiger partial charge >= 0.3 is 0 Å². The van der Waals surface area contributed by atoms with Crippen molar-refractivity contribution in [1.29, 1.82) is 0 Å². The van der Waals surface area contributed by atoms with E-state index in [2.05, 4.69) is 15.3 Å². The van der Waals surface area contributed by atoms with E-state index in [1.807, 2.05) is 0 Å². The van der Waals surface area contributed by atoms with Crippen molar-refractivity contribution < 1.29 is 4.39 Å². The second-order valence-corrected chi connectivity index (χ2v) is 4.16. The molecule has 0 saturated heterocycles. The number of hydrogen-bond donors (Lipinski definition) is 2. The summed E-state index contributed by atoms with van der Waals surface area (Å²) in [4.78, 5) is 7.99. The van der Waals surface area contributed by atoms with E-state index < -0.39 is 11.9 Å². The first-order chi connectivity index (χ1) is 8.63. The number of nitrogens with two attached hydrogens (primary N) is 1. The third-order valence-corrected chi connectivity index (χ3v) is 2.78. The first-order valence-corrected chi connectivity index (χ1v) is 5.70. The Morgan fingerprint density at radius 1 is 1.44 bits per heavy atom. The molecular weight excluding hydrogens is 255 g/mol. The van der Waals surface area contributed by atoms with Crippen LogP contribution in [0.4, 0.5) is 10.2 Å². The van der Waals surface area contributed by atoms with Crippen molar-refractivity contribution in [3.63, 3.8) is 0 Å². The molecule has 0 saturated carbocycles. The molecule has 94 valence electrons. The highest BCUT2D eigenvalue weighted by Gasteiger charge is 2.20. The number of aromatic nitrogens is 2. The van der Waals surface area contributed by atoms with Gasteiger partial charge in [-0.25, -0.2) is 9.37 Å². The summed E-state index contributed by atoms with van der Waals surface area (Å²) in [6.45, 7) is 0. The molecule has 2 aromatic rings. The van der Waals surface area contributed by atoms with E-state index >= 15 is 0 Å². The lowest BCUT2D eigenvalue weighted by atomic mass is 10.0. The third kappa shape index (κ3) is 2.42. The van der Waals surface area contributed by atoms with Gasteiger partial charge in [-0.3, -0.25) is 4.98 Å². The van der Waals surface area contributed by atoms with E-state index in [0.717, 1.165) is 0 Å². The van der Waals surface area contributed by atoms with Crippen LogP contribution < -0.4 is 11.1 Å². The monoisotopic (exact) mass is 266 g/mol. The lowest BCUT2D eigenvalue weighted by Gasteiger charge is -2.18. The van der Waals surface area contributed by atoms with Crippen molar-refractivity contribution in [2.24, 2.45) is 0 Å². The van der Waals surface area contributed by atoms with Gasteiger partial charge in [-0.15, -0.1) is 0 Å². The third-order valence-electron chi connectivity index (χ3n) is 2.58. The molecule has 0 aromatic carbocycles. The van der Waals surface area contributed by atoms with Gasteiger partial charge in [0.25, 0.3) is 0 Å². The van der Waals surface area contributed by atoms with Gasteiger partial charge < -0.3 is 11.1 Å². The van der Waals surface area contributed by atoms with Crippen LogP contribution >= 0.6 is 11.6 Å². The van der Waals surface area contributed by atoms with Crippen molar-refractivity contribution in [1.82, 2.24) is 15.3 Å². The van der Waals surface area contributed by atoms with Gasteiger partial charge in [0, 0.05) is 18.0 Å². The largest absolute Gasteiger partial charge is 0.383 e. The smallest absolute Gasteiger partial charge is 0.146 e. The van der Waals surface area contributed by atoms with Crippen LogP contribution in [0.25, 0.3) is 0 Å². The van der Waals surface area contributed by atoms with Crippen LogP contribution in [0.3, 0.4) is 0 Å². The van der Waals surface area contributed by atoms with Crippen LogP contribution in [0.2, 0.25) is 5.02 Å². The average molecular weight is 267 g/mol. The molecule has 0 amide bonds. The molecular formula is C12H12ClFN4. The zero-order valence-corrected chi connectivity index (χ0v) is 10.4. The fraction of sp³-hybridized carbons (Fsp3) is 0.167. The minimum absolute atomic E-state index is 0.260. The van der Waals surface area contributed by atoms with Gasteiger partial charge in [0.1, 0.15) is 11.6 Å². The first kappa shape index (κ1) is 12.7. The van der Waals surface area contributed by atoms with Gasteiger partial charge in [0.2, 0.25) is 0 Å². The molecule has 3 N–H and O–H groups in total. The Labute approximate surface area is 109 Å². The van der Waals surface area contributed by atoms with E-state index in [4.69, 9.17) is 17.3 Å². The average Bonchev–Trinajstić information content (AvgIpc) is 2.36. The highest BCUT2D eigenvalue weighted by Crippen LogP contribution is 2.27. The summed E-state index contributed by atoms with van der Waals surface area (Å²) >= 11 is 5.89. The van der Waals surface area contributed by atoms with Crippen LogP contribution in [0.1, 0.15) is 17.3 Å². The van der Waals surface area contributed by atoms with Crippen molar-refractivity contribution in [2.75, 3.05) is 12.8 Å². The number of anilines is 1. The van der Waals surface area contributed by atoms with E-state index in [0.29, 0.717) is 16.4 Å². The minimum Gasteiger partial charge on any atom is -0.383 e. The van der Waals surface area contributed by atoms with E-state index in [9.17, 15) is 4.39 Å². The Kier molecular flexibility index (Phi) is 3.74. The molecule has 4 nitrogen and oxygen atoms in total. The summed E-state index contributed by atoms with van der Waals surface area (Å²) in [7, 11) is 1.69. The molecule has 18 heavy (non-hydrogen) atoms. The Bertz CT molecular complexity index is 562. The fourth-order valence-electron chi connectivity index (χ4n) is 1.75. The van der Waals surface area contributed by atoms with Crippen LogP contribution in [0.5, 0.6) is 0 Å². The quantitative estimate of drug-likeness (QED) is 0.894. The van der Waals surface area contributed by atoms with Crippen LogP contribution in [0.15, 0.2) is 30.6 Å². The zero-order chi connectivity index (χ0) is 13.1. The van der Waals surface area contributed by atoms with Gasteiger partial charge in [-0.2, -0.15) is 0 Å². The molecule has 0 aliphatic rings. The summed E-state index contributed by atoms with van der Waals surface area (Å²) < 4.78 is 13.7. The topological polar surface area (TPSA) is 63.8 Å². The maximum atomic E-state index is 13.7. The minimum atomic E-state index is -0.489. The number of halogens is 2. The molecule has 6 heteroatoms. The van der Waals surface area contributed by atoms with Crippen LogP contribution in [0, 0.1) is 5.82 Å². The molecule has 1 atom stereocenters. The number of nitrogens with one attached hydrogen (secondary N) is 1. The maximum absolute atomic E-state index is 13.7. The molecule has 1 unspecified atom stereocenters. The molecule has 0 bridgehead atoms. The van der Waals surface area contributed by atoms with Gasteiger partial charge in [0.15, 0.2) is 0 Å². The Morgan fingerprint density at radius 2 is 2.22 bits per heavy atom. The van der Waals surface area contributed by atoms with Crippen molar-refractivity contribution in [3.05, 3.63) is 52.7 Å². The van der Waals surface area contributed by atoms with Crippen LogP contribution in [-0.4, -0.2) is 17.0 Å². The Hall–Kier alpha value is -1.72. The molecule has 0 radical (unpaired) electrons. The summed E-state index contributed by atoms with van der Waals surface area (Å²) in [5.74, 6) is -0.111. The van der Waals surface area contributed by atoms with E-state index in [-0.39, 0.29) is 5.69 Å². The van der Waals surface area contributed by atoms with Gasteiger partial charge in [-0.1, -0.05) is 11.6 Å².